The van der Waals surface area contributed by atoms with Crippen molar-refractivity contribution in [2.75, 3.05) is 18.0 Å². The summed E-state index contributed by atoms with van der Waals surface area (Å²) < 4.78 is 0. The van der Waals surface area contributed by atoms with Gasteiger partial charge >= 0.3 is 0 Å². The van der Waals surface area contributed by atoms with E-state index in [2.05, 4.69) is 28.7 Å². The van der Waals surface area contributed by atoms with Crippen LogP contribution in [0.15, 0.2) is 6.20 Å². The van der Waals surface area contributed by atoms with E-state index in [0.717, 1.165) is 29.0 Å². The molecule has 0 spiro atoms. The van der Waals surface area contributed by atoms with Crippen molar-refractivity contribution in [1.29, 1.82) is 0 Å². The fourth-order valence-electron chi connectivity index (χ4n) is 3.50. The quantitative estimate of drug-likeness (QED) is 0.792. The van der Waals surface area contributed by atoms with Crippen LogP contribution in [0.5, 0.6) is 0 Å². The highest BCUT2D eigenvalue weighted by Crippen LogP contribution is 2.40. The van der Waals surface area contributed by atoms with Crippen LogP contribution in [0.1, 0.15) is 50.5 Å². The molecule has 0 radical (unpaired) electrons. The Kier molecular flexibility index (Phi) is 3.66. The van der Waals surface area contributed by atoms with Crippen molar-refractivity contribution in [2.45, 2.75) is 44.9 Å². The maximum Gasteiger partial charge on any atom is 0.131 e. The molecule has 1 aliphatic carbocycles. The van der Waals surface area contributed by atoms with Crippen LogP contribution in [0, 0.1) is 11.8 Å². The molecule has 0 bridgehead atoms. The minimum Gasteiger partial charge on any atom is -0.368 e. The van der Waals surface area contributed by atoms with E-state index in [9.17, 15) is 0 Å². The van der Waals surface area contributed by atoms with Crippen LogP contribution in [-0.4, -0.2) is 23.1 Å². The van der Waals surface area contributed by atoms with Gasteiger partial charge in [-0.2, -0.15) is 0 Å². The van der Waals surface area contributed by atoms with Crippen LogP contribution < -0.4 is 4.90 Å². The van der Waals surface area contributed by atoms with Crippen LogP contribution in [0.2, 0.25) is 0 Å². The molecule has 19 heavy (non-hydrogen) atoms. The SMILES string of the molecule is CC(C)c1ncc(N2CC3CCCC3C2)c(CCl)n1. The second-order valence-electron chi connectivity index (χ2n) is 6.20. The average Bonchev–Trinajstić information content (AvgIpc) is 2.98. The molecule has 2 heterocycles. The van der Waals surface area contributed by atoms with E-state index in [1.165, 1.54) is 32.4 Å². The predicted octanol–water partition coefficient (Wildman–Crippen LogP) is 3.58. The van der Waals surface area contributed by atoms with Gasteiger partial charge < -0.3 is 4.90 Å². The summed E-state index contributed by atoms with van der Waals surface area (Å²) >= 11 is 6.09. The first-order chi connectivity index (χ1) is 9.19. The smallest absolute Gasteiger partial charge is 0.131 e. The Balaban J connectivity index is 1.84. The maximum absolute atomic E-state index is 6.09. The first-order valence-corrected chi connectivity index (χ1v) is 7.89. The Labute approximate surface area is 120 Å². The summed E-state index contributed by atoms with van der Waals surface area (Å²) in [5.74, 6) is 3.50. The van der Waals surface area contributed by atoms with E-state index >= 15 is 0 Å². The Morgan fingerprint density at radius 2 is 2.00 bits per heavy atom. The topological polar surface area (TPSA) is 29.0 Å². The Hall–Kier alpha value is -0.830. The van der Waals surface area contributed by atoms with Gasteiger partial charge in [-0.15, -0.1) is 11.6 Å². The average molecular weight is 280 g/mol. The third-order valence-electron chi connectivity index (χ3n) is 4.57. The molecule has 104 valence electrons. The molecule has 1 aromatic heterocycles. The molecule has 2 aliphatic rings. The summed E-state index contributed by atoms with van der Waals surface area (Å²) in [4.78, 5) is 11.6. The molecule has 2 fully saturated rings. The Morgan fingerprint density at radius 3 is 2.58 bits per heavy atom. The lowest BCUT2D eigenvalue weighted by molar-refractivity contribution is 0.494. The summed E-state index contributed by atoms with van der Waals surface area (Å²) in [6.07, 6.45) is 6.18. The van der Waals surface area contributed by atoms with Crippen molar-refractivity contribution < 1.29 is 0 Å². The molecular formula is C15H22ClN3. The van der Waals surface area contributed by atoms with Crippen LogP contribution in [0.3, 0.4) is 0 Å². The molecule has 2 unspecified atom stereocenters. The van der Waals surface area contributed by atoms with Crippen molar-refractivity contribution in [2.24, 2.45) is 11.8 Å². The number of rotatable bonds is 3. The van der Waals surface area contributed by atoms with Gasteiger partial charge in [-0.3, -0.25) is 0 Å². The van der Waals surface area contributed by atoms with Gasteiger partial charge in [0.1, 0.15) is 5.82 Å². The molecular weight excluding hydrogens is 258 g/mol. The minimum absolute atomic E-state index is 0.356. The van der Waals surface area contributed by atoms with Gasteiger partial charge in [0, 0.05) is 19.0 Å². The lowest BCUT2D eigenvalue weighted by Crippen LogP contribution is -2.23. The lowest BCUT2D eigenvalue weighted by Gasteiger charge is -2.22. The number of hydrogen-bond donors (Lipinski definition) is 0. The van der Waals surface area contributed by atoms with E-state index in [1.807, 2.05) is 6.20 Å². The fourth-order valence-corrected chi connectivity index (χ4v) is 3.70. The summed E-state index contributed by atoms with van der Waals surface area (Å²) in [7, 11) is 0. The van der Waals surface area contributed by atoms with Crippen LogP contribution in [0.4, 0.5) is 5.69 Å². The second kappa shape index (κ2) is 5.28. The van der Waals surface area contributed by atoms with Crippen molar-refractivity contribution in [1.82, 2.24) is 9.97 Å². The molecule has 0 amide bonds. The van der Waals surface area contributed by atoms with Gasteiger partial charge in [0.2, 0.25) is 0 Å². The van der Waals surface area contributed by atoms with Crippen molar-refractivity contribution >= 4 is 17.3 Å². The monoisotopic (exact) mass is 279 g/mol. The maximum atomic E-state index is 6.09. The third-order valence-corrected chi connectivity index (χ3v) is 4.83. The summed E-state index contributed by atoms with van der Waals surface area (Å²) in [5.41, 5.74) is 2.16. The van der Waals surface area contributed by atoms with Crippen molar-refractivity contribution in [3.05, 3.63) is 17.7 Å². The molecule has 3 nitrogen and oxygen atoms in total. The molecule has 0 N–H and O–H groups in total. The fraction of sp³-hybridized carbons (Fsp3) is 0.733. The van der Waals surface area contributed by atoms with Gasteiger partial charge in [-0.1, -0.05) is 20.3 Å². The van der Waals surface area contributed by atoms with Crippen LogP contribution >= 0.6 is 11.6 Å². The van der Waals surface area contributed by atoms with Crippen LogP contribution in [-0.2, 0) is 5.88 Å². The van der Waals surface area contributed by atoms with E-state index in [0.29, 0.717) is 11.8 Å². The zero-order valence-corrected chi connectivity index (χ0v) is 12.5. The number of nitrogens with zero attached hydrogens (tertiary/aromatic N) is 3. The predicted molar refractivity (Wildman–Crippen MR) is 78.7 cm³/mol. The van der Waals surface area contributed by atoms with Gasteiger partial charge in [0.05, 0.1) is 23.5 Å². The highest BCUT2D eigenvalue weighted by Gasteiger charge is 2.36. The number of halogens is 1. The van der Waals surface area contributed by atoms with Gasteiger partial charge in [0.15, 0.2) is 0 Å². The number of anilines is 1. The second-order valence-corrected chi connectivity index (χ2v) is 6.47. The molecule has 1 aromatic rings. The van der Waals surface area contributed by atoms with Gasteiger partial charge in [-0.25, -0.2) is 9.97 Å². The van der Waals surface area contributed by atoms with E-state index in [1.54, 1.807) is 0 Å². The molecule has 1 aliphatic heterocycles. The van der Waals surface area contributed by atoms with Crippen molar-refractivity contribution in [3.8, 4) is 0 Å². The number of alkyl halides is 1. The normalized spacial score (nSPS) is 26.2. The minimum atomic E-state index is 0.356. The molecule has 0 aromatic carbocycles. The zero-order valence-electron chi connectivity index (χ0n) is 11.8. The number of fused-ring (bicyclic) bond motifs is 1. The summed E-state index contributed by atoms with van der Waals surface area (Å²) in [5, 5.41) is 0. The largest absolute Gasteiger partial charge is 0.368 e. The molecule has 3 rings (SSSR count). The highest BCUT2D eigenvalue weighted by molar-refractivity contribution is 6.17. The standard InChI is InChI=1S/C15H22ClN3/c1-10(2)15-17-7-14(13(6-16)18-15)19-8-11-4-3-5-12(11)9-19/h7,10-12H,3-6,8-9H2,1-2H3. The molecule has 2 atom stereocenters. The third kappa shape index (κ3) is 2.45. The highest BCUT2D eigenvalue weighted by atomic mass is 35.5. The zero-order chi connectivity index (χ0) is 13.4. The molecule has 4 heteroatoms. The first kappa shape index (κ1) is 13.2. The first-order valence-electron chi connectivity index (χ1n) is 7.35. The van der Waals surface area contributed by atoms with Gasteiger partial charge in [0.25, 0.3) is 0 Å². The summed E-state index contributed by atoms with van der Waals surface area (Å²) in [6, 6.07) is 0. The van der Waals surface area contributed by atoms with Crippen molar-refractivity contribution in [3.63, 3.8) is 0 Å². The summed E-state index contributed by atoms with van der Waals surface area (Å²) in [6.45, 7) is 6.57. The Bertz CT molecular complexity index is 449. The lowest BCUT2D eigenvalue weighted by atomic mass is 10.0. The van der Waals surface area contributed by atoms with E-state index in [4.69, 9.17) is 11.6 Å². The molecule has 1 saturated heterocycles. The molecule has 1 saturated carbocycles. The van der Waals surface area contributed by atoms with Crippen LogP contribution in [0.25, 0.3) is 0 Å². The van der Waals surface area contributed by atoms with E-state index in [-0.39, 0.29) is 0 Å². The van der Waals surface area contributed by atoms with Gasteiger partial charge in [-0.05, 0) is 24.7 Å². The Morgan fingerprint density at radius 1 is 1.32 bits per heavy atom. The number of hydrogen-bond acceptors (Lipinski definition) is 3. The van der Waals surface area contributed by atoms with E-state index < -0.39 is 0 Å². The number of aromatic nitrogens is 2.